The molecule has 120 valence electrons. The highest BCUT2D eigenvalue weighted by molar-refractivity contribution is 6.21. The van der Waals surface area contributed by atoms with Gasteiger partial charge in [-0.2, -0.15) is 0 Å². The maximum absolute atomic E-state index is 12.9. The van der Waals surface area contributed by atoms with Crippen LogP contribution in [-0.2, 0) is 16.0 Å². The van der Waals surface area contributed by atoms with E-state index in [0.29, 0.717) is 5.69 Å². The third kappa shape index (κ3) is 2.21. The summed E-state index contributed by atoms with van der Waals surface area (Å²) in [6.45, 7) is 2.07. The van der Waals surface area contributed by atoms with Crippen molar-refractivity contribution in [2.45, 2.75) is 25.8 Å². The number of hydrogen-bond acceptors (Lipinski definition) is 3. The molecular weight excluding hydrogens is 302 g/mol. The molecule has 2 aromatic carbocycles. The average Bonchev–Trinajstić information content (AvgIpc) is 3.16. The fourth-order valence-electron chi connectivity index (χ4n) is 3.21. The zero-order valence-corrected chi connectivity index (χ0v) is 13.3. The third-order valence-corrected chi connectivity index (χ3v) is 4.54. The van der Waals surface area contributed by atoms with Gasteiger partial charge in [0.15, 0.2) is 0 Å². The smallest absolute Gasteiger partial charge is 0.257 e. The largest absolute Gasteiger partial charge is 0.317 e. The molecular formula is C19H17N3O2. The molecule has 2 heterocycles. The van der Waals surface area contributed by atoms with Gasteiger partial charge in [-0.25, -0.2) is 9.88 Å². The van der Waals surface area contributed by atoms with Crippen LogP contribution in [0.25, 0.3) is 11.0 Å². The second-order valence-corrected chi connectivity index (χ2v) is 5.95. The third-order valence-electron chi connectivity index (χ3n) is 4.54. The Hall–Kier alpha value is -2.95. The summed E-state index contributed by atoms with van der Waals surface area (Å²) < 4.78 is 1.80. The summed E-state index contributed by atoms with van der Waals surface area (Å²) in [5.41, 5.74) is 3.50. The van der Waals surface area contributed by atoms with Crippen LogP contribution >= 0.6 is 0 Å². The standard InChI is InChI=1S/C19H17N3O2/c1-2-13-7-9-14(10-8-13)22-18(23)11-17(19(22)24)21-12-20-15-5-3-4-6-16(15)21/h3-10,12,17H,2,11H2,1H3. The normalized spacial score (nSPS) is 17.9. The molecule has 1 atom stereocenters. The van der Waals surface area contributed by atoms with Crippen molar-refractivity contribution in [1.29, 1.82) is 0 Å². The molecule has 0 saturated carbocycles. The SMILES string of the molecule is CCc1ccc(N2C(=O)CC(n3cnc4ccccc43)C2=O)cc1. The molecule has 1 saturated heterocycles. The van der Waals surface area contributed by atoms with Gasteiger partial charge >= 0.3 is 0 Å². The summed E-state index contributed by atoms with van der Waals surface area (Å²) in [6, 6.07) is 14.7. The van der Waals surface area contributed by atoms with Crippen LogP contribution in [0, 0.1) is 0 Å². The number of carbonyl (C=O) groups excluding carboxylic acids is 2. The first-order chi connectivity index (χ1) is 11.7. The summed E-state index contributed by atoms with van der Waals surface area (Å²) in [7, 11) is 0. The maximum atomic E-state index is 12.9. The Balaban J connectivity index is 1.70. The molecule has 1 fully saturated rings. The number of para-hydroxylation sites is 2. The Morgan fingerprint density at radius 1 is 1.08 bits per heavy atom. The van der Waals surface area contributed by atoms with Crippen LogP contribution in [0.2, 0.25) is 0 Å². The predicted molar refractivity (Wildman–Crippen MR) is 91.7 cm³/mol. The van der Waals surface area contributed by atoms with E-state index in [0.717, 1.165) is 17.5 Å². The molecule has 0 N–H and O–H groups in total. The first kappa shape index (κ1) is 14.6. The van der Waals surface area contributed by atoms with Crippen molar-refractivity contribution < 1.29 is 9.59 Å². The van der Waals surface area contributed by atoms with Crippen LogP contribution < -0.4 is 4.90 Å². The van der Waals surface area contributed by atoms with E-state index in [-0.39, 0.29) is 18.2 Å². The molecule has 2 amide bonds. The van der Waals surface area contributed by atoms with Crippen LogP contribution in [0.1, 0.15) is 24.9 Å². The number of rotatable bonds is 3. The lowest BCUT2D eigenvalue weighted by molar-refractivity contribution is -0.122. The minimum Gasteiger partial charge on any atom is -0.317 e. The lowest BCUT2D eigenvalue weighted by Crippen LogP contribution is -2.31. The molecule has 5 heteroatoms. The average molecular weight is 319 g/mol. The number of imide groups is 1. The van der Waals surface area contributed by atoms with Crippen molar-refractivity contribution in [3.8, 4) is 0 Å². The van der Waals surface area contributed by atoms with Gasteiger partial charge in [-0.05, 0) is 36.2 Å². The first-order valence-electron chi connectivity index (χ1n) is 8.06. The number of hydrogen-bond donors (Lipinski definition) is 0. The molecule has 3 aromatic rings. The number of carbonyl (C=O) groups is 2. The molecule has 24 heavy (non-hydrogen) atoms. The lowest BCUT2D eigenvalue weighted by atomic mass is 10.1. The van der Waals surface area contributed by atoms with Crippen LogP contribution in [0.4, 0.5) is 5.69 Å². The van der Waals surface area contributed by atoms with Crippen molar-refractivity contribution in [1.82, 2.24) is 9.55 Å². The van der Waals surface area contributed by atoms with E-state index in [2.05, 4.69) is 11.9 Å². The van der Waals surface area contributed by atoms with Gasteiger partial charge < -0.3 is 4.57 Å². The Bertz CT molecular complexity index is 927. The molecule has 1 aliphatic rings. The van der Waals surface area contributed by atoms with Crippen molar-refractivity contribution in [2.24, 2.45) is 0 Å². The number of fused-ring (bicyclic) bond motifs is 1. The van der Waals surface area contributed by atoms with E-state index in [1.165, 1.54) is 10.5 Å². The summed E-state index contributed by atoms with van der Waals surface area (Å²) in [4.78, 5) is 30.9. The lowest BCUT2D eigenvalue weighted by Gasteiger charge is -2.16. The van der Waals surface area contributed by atoms with Gasteiger partial charge in [-0.15, -0.1) is 0 Å². The van der Waals surface area contributed by atoms with E-state index in [4.69, 9.17) is 0 Å². The number of nitrogens with zero attached hydrogens (tertiary/aromatic N) is 3. The zero-order valence-electron chi connectivity index (χ0n) is 13.3. The van der Waals surface area contributed by atoms with Crippen molar-refractivity contribution >= 4 is 28.5 Å². The second kappa shape index (κ2) is 5.60. The highest BCUT2D eigenvalue weighted by Gasteiger charge is 2.41. The minimum absolute atomic E-state index is 0.161. The number of aryl methyl sites for hydroxylation is 1. The number of imidazole rings is 1. The molecule has 1 unspecified atom stereocenters. The Morgan fingerprint density at radius 2 is 1.83 bits per heavy atom. The summed E-state index contributed by atoms with van der Waals surface area (Å²) in [5, 5.41) is 0. The summed E-state index contributed by atoms with van der Waals surface area (Å²) >= 11 is 0. The van der Waals surface area contributed by atoms with Crippen LogP contribution in [0.3, 0.4) is 0 Å². The van der Waals surface area contributed by atoms with Gasteiger partial charge in [-0.1, -0.05) is 31.2 Å². The van der Waals surface area contributed by atoms with Crippen molar-refractivity contribution in [3.05, 3.63) is 60.4 Å². The Morgan fingerprint density at radius 3 is 2.58 bits per heavy atom. The van der Waals surface area contributed by atoms with E-state index in [1.807, 2.05) is 48.5 Å². The number of aromatic nitrogens is 2. The van der Waals surface area contributed by atoms with E-state index >= 15 is 0 Å². The minimum atomic E-state index is -0.532. The maximum Gasteiger partial charge on any atom is 0.257 e. The molecule has 5 nitrogen and oxygen atoms in total. The monoisotopic (exact) mass is 319 g/mol. The van der Waals surface area contributed by atoms with Crippen LogP contribution in [-0.4, -0.2) is 21.4 Å². The quantitative estimate of drug-likeness (QED) is 0.697. The molecule has 0 bridgehead atoms. The van der Waals surface area contributed by atoms with E-state index in [9.17, 15) is 9.59 Å². The van der Waals surface area contributed by atoms with Gasteiger partial charge in [0, 0.05) is 0 Å². The fourth-order valence-corrected chi connectivity index (χ4v) is 3.21. The van der Waals surface area contributed by atoms with Crippen LogP contribution in [0.15, 0.2) is 54.9 Å². The van der Waals surface area contributed by atoms with Gasteiger partial charge in [-0.3, -0.25) is 9.59 Å². The number of benzene rings is 2. The number of anilines is 1. The molecule has 0 spiro atoms. The Kier molecular flexibility index (Phi) is 3.41. The van der Waals surface area contributed by atoms with E-state index < -0.39 is 6.04 Å². The highest BCUT2D eigenvalue weighted by atomic mass is 16.2. The number of amides is 2. The summed E-state index contributed by atoms with van der Waals surface area (Å²) in [5.74, 6) is -0.376. The van der Waals surface area contributed by atoms with Gasteiger partial charge in [0.25, 0.3) is 5.91 Å². The summed E-state index contributed by atoms with van der Waals surface area (Å²) in [6.07, 6.45) is 2.73. The topological polar surface area (TPSA) is 55.2 Å². The van der Waals surface area contributed by atoms with Gasteiger partial charge in [0.2, 0.25) is 5.91 Å². The predicted octanol–water partition coefficient (Wildman–Crippen LogP) is 3.10. The molecule has 1 aliphatic heterocycles. The zero-order chi connectivity index (χ0) is 16.7. The van der Waals surface area contributed by atoms with Gasteiger partial charge in [0.1, 0.15) is 6.04 Å². The molecule has 1 aromatic heterocycles. The van der Waals surface area contributed by atoms with Crippen molar-refractivity contribution in [3.63, 3.8) is 0 Å². The fraction of sp³-hybridized carbons (Fsp3) is 0.211. The van der Waals surface area contributed by atoms with Gasteiger partial charge in [0.05, 0.1) is 29.5 Å². The molecule has 4 rings (SSSR count). The van der Waals surface area contributed by atoms with Crippen molar-refractivity contribution in [2.75, 3.05) is 4.90 Å². The molecule has 0 aliphatic carbocycles. The first-order valence-corrected chi connectivity index (χ1v) is 8.06. The van der Waals surface area contributed by atoms with Crippen LogP contribution in [0.5, 0.6) is 0 Å². The Labute approximate surface area is 139 Å². The highest BCUT2D eigenvalue weighted by Crippen LogP contribution is 2.31. The van der Waals surface area contributed by atoms with E-state index in [1.54, 1.807) is 10.9 Å². The second-order valence-electron chi connectivity index (χ2n) is 5.95. The molecule has 0 radical (unpaired) electrons.